The van der Waals surface area contributed by atoms with Crippen molar-refractivity contribution in [3.8, 4) is 0 Å². The van der Waals surface area contributed by atoms with E-state index in [1.165, 1.54) is 16.7 Å². The Morgan fingerprint density at radius 3 is 2.44 bits per heavy atom. The summed E-state index contributed by atoms with van der Waals surface area (Å²) < 4.78 is 0. The van der Waals surface area contributed by atoms with Crippen LogP contribution in [0.1, 0.15) is 43.9 Å². The van der Waals surface area contributed by atoms with Crippen LogP contribution in [0.25, 0.3) is 0 Å². The van der Waals surface area contributed by atoms with Gasteiger partial charge in [-0.3, -0.25) is 0 Å². The van der Waals surface area contributed by atoms with E-state index in [9.17, 15) is 0 Å². The SMILES string of the molecule is CCC(C)(C)NCc1c(C)ccc(N)c1C. The zero-order valence-electron chi connectivity index (χ0n) is 11.1. The number of hydrogen-bond acceptors (Lipinski definition) is 2. The quantitative estimate of drug-likeness (QED) is 0.765. The average molecular weight is 220 g/mol. The summed E-state index contributed by atoms with van der Waals surface area (Å²) in [5, 5.41) is 3.58. The smallest absolute Gasteiger partial charge is 0.0347 e. The molecular weight excluding hydrogens is 196 g/mol. The maximum absolute atomic E-state index is 5.93. The molecule has 0 saturated carbocycles. The monoisotopic (exact) mass is 220 g/mol. The number of rotatable bonds is 4. The summed E-state index contributed by atoms with van der Waals surface area (Å²) in [5.74, 6) is 0. The Bertz CT molecular complexity index is 367. The molecule has 3 N–H and O–H groups in total. The normalized spacial score (nSPS) is 11.8. The Kier molecular flexibility index (Phi) is 3.98. The number of nitrogens with one attached hydrogen (secondary N) is 1. The molecule has 2 nitrogen and oxygen atoms in total. The van der Waals surface area contributed by atoms with Crippen molar-refractivity contribution in [1.82, 2.24) is 5.32 Å². The first-order valence-corrected chi connectivity index (χ1v) is 5.97. The van der Waals surface area contributed by atoms with E-state index >= 15 is 0 Å². The van der Waals surface area contributed by atoms with Crippen LogP contribution < -0.4 is 11.1 Å². The van der Waals surface area contributed by atoms with Crippen LogP contribution >= 0.6 is 0 Å². The standard InChI is InChI=1S/C14H24N2/c1-6-14(4,5)16-9-12-10(2)7-8-13(15)11(12)3/h7-8,16H,6,9,15H2,1-5H3. The second kappa shape index (κ2) is 4.88. The van der Waals surface area contributed by atoms with E-state index in [-0.39, 0.29) is 5.54 Å². The molecule has 90 valence electrons. The maximum Gasteiger partial charge on any atom is 0.0347 e. The molecule has 0 aliphatic rings. The van der Waals surface area contributed by atoms with Crippen LogP contribution in [0.4, 0.5) is 5.69 Å². The predicted octanol–water partition coefficient (Wildman–Crippen LogP) is 3.16. The zero-order chi connectivity index (χ0) is 12.3. The van der Waals surface area contributed by atoms with E-state index < -0.39 is 0 Å². The minimum Gasteiger partial charge on any atom is -0.399 e. The molecule has 0 amide bonds. The lowest BCUT2D eigenvalue weighted by molar-refractivity contribution is 0.374. The summed E-state index contributed by atoms with van der Waals surface area (Å²) in [4.78, 5) is 0. The summed E-state index contributed by atoms with van der Waals surface area (Å²) in [5.41, 5.74) is 10.9. The summed E-state index contributed by atoms with van der Waals surface area (Å²) in [6, 6.07) is 4.08. The van der Waals surface area contributed by atoms with Crippen LogP contribution in [0.5, 0.6) is 0 Å². The van der Waals surface area contributed by atoms with Gasteiger partial charge in [0.25, 0.3) is 0 Å². The lowest BCUT2D eigenvalue weighted by Crippen LogP contribution is -2.38. The Morgan fingerprint density at radius 1 is 1.25 bits per heavy atom. The number of anilines is 1. The van der Waals surface area contributed by atoms with Crippen LogP contribution in [0.15, 0.2) is 12.1 Å². The fraction of sp³-hybridized carbons (Fsp3) is 0.571. The zero-order valence-corrected chi connectivity index (χ0v) is 11.1. The number of nitrogen functional groups attached to an aromatic ring is 1. The summed E-state index contributed by atoms with van der Waals surface area (Å²) >= 11 is 0. The Morgan fingerprint density at radius 2 is 1.88 bits per heavy atom. The molecule has 0 aliphatic heterocycles. The van der Waals surface area contributed by atoms with Crippen molar-refractivity contribution in [2.45, 2.75) is 53.1 Å². The third-order valence-electron chi connectivity index (χ3n) is 3.50. The van der Waals surface area contributed by atoms with Gasteiger partial charge in [0, 0.05) is 17.8 Å². The first kappa shape index (κ1) is 13.0. The molecule has 0 aromatic heterocycles. The fourth-order valence-electron chi connectivity index (χ4n) is 1.64. The molecule has 0 fully saturated rings. The van der Waals surface area contributed by atoms with Crippen molar-refractivity contribution in [1.29, 1.82) is 0 Å². The summed E-state index contributed by atoms with van der Waals surface area (Å²) in [6.45, 7) is 11.8. The molecule has 0 bridgehead atoms. The van der Waals surface area contributed by atoms with Crippen molar-refractivity contribution < 1.29 is 0 Å². The van der Waals surface area contributed by atoms with Crippen molar-refractivity contribution in [3.63, 3.8) is 0 Å². The van der Waals surface area contributed by atoms with Gasteiger partial charge < -0.3 is 11.1 Å². The molecular formula is C14H24N2. The Hall–Kier alpha value is -1.02. The molecule has 0 spiro atoms. The predicted molar refractivity (Wildman–Crippen MR) is 71.5 cm³/mol. The van der Waals surface area contributed by atoms with E-state index in [0.29, 0.717) is 0 Å². The summed E-state index contributed by atoms with van der Waals surface area (Å²) in [6.07, 6.45) is 1.12. The van der Waals surface area contributed by atoms with Crippen LogP contribution in [0.3, 0.4) is 0 Å². The Balaban J connectivity index is 2.86. The van der Waals surface area contributed by atoms with Gasteiger partial charge in [0.1, 0.15) is 0 Å². The van der Waals surface area contributed by atoms with Gasteiger partial charge in [0.2, 0.25) is 0 Å². The third kappa shape index (κ3) is 2.99. The van der Waals surface area contributed by atoms with E-state index in [1.54, 1.807) is 0 Å². The molecule has 2 heteroatoms. The summed E-state index contributed by atoms with van der Waals surface area (Å²) in [7, 11) is 0. The first-order chi connectivity index (χ1) is 7.37. The van der Waals surface area contributed by atoms with Crippen molar-refractivity contribution in [2.24, 2.45) is 0 Å². The lowest BCUT2D eigenvalue weighted by Gasteiger charge is -2.26. The van der Waals surface area contributed by atoms with Crippen LogP contribution in [-0.4, -0.2) is 5.54 Å². The van der Waals surface area contributed by atoms with E-state index in [2.05, 4.69) is 46.0 Å². The van der Waals surface area contributed by atoms with E-state index in [0.717, 1.165) is 18.7 Å². The highest BCUT2D eigenvalue weighted by atomic mass is 14.9. The molecule has 1 aromatic carbocycles. The van der Waals surface area contributed by atoms with E-state index in [4.69, 9.17) is 5.73 Å². The molecule has 0 radical (unpaired) electrons. The van der Waals surface area contributed by atoms with Gasteiger partial charge in [0.15, 0.2) is 0 Å². The highest BCUT2D eigenvalue weighted by Gasteiger charge is 2.15. The van der Waals surface area contributed by atoms with Gasteiger partial charge in [-0.2, -0.15) is 0 Å². The van der Waals surface area contributed by atoms with Crippen molar-refractivity contribution >= 4 is 5.69 Å². The topological polar surface area (TPSA) is 38.0 Å². The molecule has 0 aliphatic carbocycles. The van der Waals surface area contributed by atoms with Gasteiger partial charge in [-0.1, -0.05) is 13.0 Å². The molecule has 0 unspecified atom stereocenters. The molecule has 16 heavy (non-hydrogen) atoms. The highest BCUT2D eigenvalue weighted by molar-refractivity contribution is 5.52. The number of nitrogens with two attached hydrogens (primary N) is 1. The fourth-order valence-corrected chi connectivity index (χ4v) is 1.64. The number of aryl methyl sites for hydroxylation is 1. The largest absolute Gasteiger partial charge is 0.399 e. The van der Waals surface area contributed by atoms with Gasteiger partial charge in [-0.05, 0) is 56.9 Å². The molecule has 0 saturated heterocycles. The van der Waals surface area contributed by atoms with Gasteiger partial charge in [0.05, 0.1) is 0 Å². The molecule has 0 atom stereocenters. The minimum absolute atomic E-state index is 0.184. The van der Waals surface area contributed by atoms with Crippen molar-refractivity contribution in [3.05, 3.63) is 28.8 Å². The minimum atomic E-state index is 0.184. The second-order valence-corrected chi connectivity index (χ2v) is 5.17. The van der Waals surface area contributed by atoms with Crippen LogP contribution in [0, 0.1) is 13.8 Å². The van der Waals surface area contributed by atoms with E-state index in [1.807, 2.05) is 6.07 Å². The first-order valence-electron chi connectivity index (χ1n) is 5.97. The number of benzene rings is 1. The lowest BCUT2D eigenvalue weighted by atomic mass is 9.98. The van der Waals surface area contributed by atoms with Crippen LogP contribution in [-0.2, 0) is 6.54 Å². The average Bonchev–Trinajstić information content (AvgIpc) is 2.24. The van der Waals surface area contributed by atoms with Crippen molar-refractivity contribution in [2.75, 3.05) is 5.73 Å². The Labute approximate surface area is 99.2 Å². The molecule has 1 rings (SSSR count). The number of hydrogen-bond donors (Lipinski definition) is 2. The molecule has 0 heterocycles. The second-order valence-electron chi connectivity index (χ2n) is 5.17. The van der Waals surface area contributed by atoms with Gasteiger partial charge >= 0.3 is 0 Å². The highest BCUT2D eigenvalue weighted by Crippen LogP contribution is 2.20. The molecule has 1 aromatic rings. The maximum atomic E-state index is 5.93. The third-order valence-corrected chi connectivity index (χ3v) is 3.50. The van der Waals surface area contributed by atoms with Crippen LogP contribution in [0.2, 0.25) is 0 Å². The van der Waals surface area contributed by atoms with Gasteiger partial charge in [-0.15, -0.1) is 0 Å². The van der Waals surface area contributed by atoms with Gasteiger partial charge in [-0.25, -0.2) is 0 Å².